The Morgan fingerprint density at radius 1 is 1.08 bits per heavy atom. The van der Waals surface area contributed by atoms with Gasteiger partial charge in [0, 0.05) is 23.5 Å². The first-order valence-corrected chi connectivity index (χ1v) is 10.7. The van der Waals surface area contributed by atoms with E-state index in [0.29, 0.717) is 16.1 Å². The lowest BCUT2D eigenvalue weighted by molar-refractivity contribution is 0.588. The van der Waals surface area contributed by atoms with E-state index < -0.39 is 10.0 Å². The predicted molar refractivity (Wildman–Crippen MR) is 105 cm³/mol. The molecule has 3 aromatic heterocycles. The number of rotatable bonds is 3. The van der Waals surface area contributed by atoms with Crippen LogP contribution in [0.3, 0.4) is 0 Å². The molecule has 26 heavy (non-hydrogen) atoms. The van der Waals surface area contributed by atoms with Crippen LogP contribution in [0.1, 0.15) is 10.4 Å². The lowest BCUT2D eigenvalue weighted by Crippen LogP contribution is -2.12. The van der Waals surface area contributed by atoms with E-state index in [1.165, 1.54) is 21.5 Å². The van der Waals surface area contributed by atoms with Crippen molar-refractivity contribution in [2.75, 3.05) is 0 Å². The van der Waals surface area contributed by atoms with Crippen molar-refractivity contribution >= 4 is 48.5 Å². The normalized spacial score (nSPS) is 12.0. The Labute approximate surface area is 162 Å². The van der Waals surface area contributed by atoms with E-state index in [1.807, 2.05) is 13.8 Å². The third kappa shape index (κ3) is 2.76. The van der Waals surface area contributed by atoms with Crippen LogP contribution in [0.25, 0.3) is 21.7 Å². The fourth-order valence-corrected chi connectivity index (χ4v) is 5.24. The first-order chi connectivity index (χ1) is 12.4. The highest BCUT2D eigenvalue weighted by molar-refractivity contribution is 9.10. The predicted octanol–water partition coefficient (Wildman–Crippen LogP) is 4.17. The lowest BCUT2D eigenvalue weighted by Gasteiger charge is -2.06. The molecule has 0 aliphatic heterocycles. The summed E-state index contributed by atoms with van der Waals surface area (Å²) in [7, 11) is -3.79. The van der Waals surface area contributed by atoms with Gasteiger partial charge in [-0.1, -0.05) is 17.7 Å². The van der Waals surface area contributed by atoms with Crippen molar-refractivity contribution in [1.29, 1.82) is 0 Å². The fourth-order valence-electron chi connectivity index (χ4n) is 2.58. The second-order valence-corrected chi connectivity index (χ2v) is 9.52. The number of nitrogens with zero attached hydrogens (tertiary/aromatic N) is 4. The summed E-state index contributed by atoms with van der Waals surface area (Å²) in [6.07, 6.45) is 4.57. The average molecular weight is 449 g/mol. The molecule has 0 amide bonds. The molecule has 0 aliphatic rings. The smallest absolute Gasteiger partial charge is 0.251 e. The molecule has 0 N–H and O–H groups in total. The van der Waals surface area contributed by atoms with Crippen LogP contribution in [0.5, 0.6) is 0 Å². The van der Waals surface area contributed by atoms with Crippen molar-refractivity contribution in [3.63, 3.8) is 0 Å². The summed E-state index contributed by atoms with van der Waals surface area (Å²) in [5.74, 6) is 0. The molecule has 0 saturated carbocycles. The van der Waals surface area contributed by atoms with Gasteiger partial charge < -0.3 is 0 Å². The van der Waals surface area contributed by atoms with E-state index in [1.54, 1.807) is 36.7 Å². The summed E-state index contributed by atoms with van der Waals surface area (Å²) < 4.78 is 28.2. The molecule has 4 aromatic rings. The molecular formula is C17H13BrN4O2S2. The number of halogens is 1. The van der Waals surface area contributed by atoms with Gasteiger partial charge in [0.05, 0.1) is 10.5 Å². The Kier molecular flexibility index (Phi) is 4.17. The highest BCUT2D eigenvalue weighted by atomic mass is 79.9. The molecule has 0 aliphatic carbocycles. The number of aromatic nitrogens is 4. The van der Waals surface area contributed by atoms with Gasteiger partial charge in [0.15, 0.2) is 5.65 Å². The Morgan fingerprint density at radius 2 is 1.77 bits per heavy atom. The van der Waals surface area contributed by atoms with Gasteiger partial charge in [0.2, 0.25) is 0 Å². The van der Waals surface area contributed by atoms with Crippen molar-refractivity contribution in [2.24, 2.45) is 0 Å². The Morgan fingerprint density at radius 3 is 2.42 bits per heavy atom. The molecule has 0 saturated heterocycles. The topological polar surface area (TPSA) is 77.7 Å². The van der Waals surface area contributed by atoms with E-state index >= 15 is 0 Å². The Balaban J connectivity index is 1.98. The number of thiazole rings is 1. The monoisotopic (exact) mass is 448 g/mol. The molecule has 0 bridgehead atoms. The van der Waals surface area contributed by atoms with Gasteiger partial charge in [-0.25, -0.2) is 22.4 Å². The van der Waals surface area contributed by atoms with E-state index in [-0.39, 0.29) is 10.5 Å². The van der Waals surface area contributed by atoms with Crippen LogP contribution >= 0.6 is 27.3 Å². The van der Waals surface area contributed by atoms with Crippen LogP contribution in [-0.4, -0.2) is 27.3 Å². The van der Waals surface area contributed by atoms with Gasteiger partial charge in [0.25, 0.3) is 10.0 Å². The van der Waals surface area contributed by atoms with E-state index in [4.69, 9.17) is 0 Å². The molecule has 1 aromatic carbocycles. The second-order valence-electron chi connectivity index (χ2n) is 5.75. The lowest BCUT2D eigenvalue weighted by atomic mass is 10.2. The van der Waals surface area contributed by atoms with Crippen LogP contribution < -0.4 is 0 Å². The molecule has 0 unspecified atom stereocenters. The first kappa shape index (κ1) is 17.3. The number of fused-ring (bicyclic) bond motifs is 1. The quantitative estimate of drug-likeness (QED) is 0.469. The Bertz CT molecular complexity index is 1210. The van der Waals surface area contributed by atoms with E-state index in [0.717, 1.165) is 15.0 Å². The number of hydrogen-bond donors (Lipinski definition) is 0. The van der Waals surface area contributed by atoms with Crippen molar-refractivity contribution in [2.45, 2.75) is 18.7 Å². The maximum absolute atomic E-state index is 13.1. The summed E-state index contributed by atoms with van der Waals surface area (Å²) >= 11 is 4.88. The molecule has 132 valence electrons. The van der Waals surface area contributed by atoms with Gasteiger partial charge in [-0.2, -0.15) is 0 Å². The molecule has 0 spiro atoms. The van der Waals surface area contributed by atoms with Gasteiger partial charge in [0.1, 0.15) is 15.1 Å². The van der Waals surface area contributed by atoms with Crippen molar-refractivity contribution < 1.29 is 8.42 Å². The molecule has 0 atom stereocenters. The zero-order valence-electron chi connectivity index (χ0n) is 13.8. The van der Waals surface area contributed by atoms with Crippen molar-refractivity contribution in [3.8, 4) is 10.6 Å². The zero-order valence-corrected chi connectivity index (χ0v) is 17.1. The van der Waals surface area contributed by atoms with Gasteiger partial charge >= 0.3 is 0 Å². The summed E-state index contributed by atoms with van der Waals surface area (Å²) in [6.45, 7) is 3.85. The summed E-state index contributed by atoms with van der Waals surface area (Å²) in [4.78, 5) is 14.3. The minimum absolute atomic E-state index is 0.203. The van der Waals surface area contributed by atoms with Crippen LogP contribution in [-0.2, 0) is 10.0 Å². The van der Waals surface area contributed by atoms with E-state index in [9.17, 15) is 8.42 Å². The van der Waals surface area contributed by atoms with Crippen LogP contribution in [0.4, 0.5) is 0 Å². The summed E-state index contributed by atoms with van der Waals surface area (Å²) in [5, 5.41) is 0.692. The summed E-state index contributed by atoms with van der Waals surface area (Å²) in [5.41, 5.74) is 2.42. The van der Waals surface area contributed by atoms with Crippen molar-refractivity contribution in [3.05, 3.63) is 57.9 Å². The molecule has 3 heterocycles. The van der Waals surface area contributed by atoms with E-state index in [2.05, 4.69) is 30.9 Å². The number of benzene rings is 1. The highest BCUT2D eigenvalue weighted by Gasteiger charge is 2.24. The van der Waals surface area contributed by atoms with Crippen LogP contribution in [0, 0.1) is 13.8 Å². The standard InChI is InChI=1S/C17H13BrN4O2S2/c1-10-3-5-12(6-4-10)26(23,24)22-9-13(14-16(22)20-8-7-19-14)17-21-15(18)11(2)25-17/h3-9H,1-2H3. The highest BCUT2D eigenvalue weighted by Crippen LogP contribution is 2.35. The SMILES string of the molecule is Cc1ccc(S(=O)(=O)n2cc(-c3nc(Br)c(C)s3)c3nccnc32)cc1. The minimum Gasteiger partial charge on any atom is -0.251 e. The maximum Gasteiger partial charge on any atom is 0.269 e. The average Bonchev–Trinajstić information content (AvgIpc) is 3.16. The van der Waals surface area contributed by atoms with Gasteiger partial charge in [-0.3, -0.25) is 4.98 Å². The van der Waals surface area contributed by atoms with Crippen LogP contribution in [0.2, 0.25) is 0 Å². The van der Waals surface area contributed by atoms with Crippen molar-refractivity contribution in [1.82, 2.24) is 18.9 Å². The number of aryl methyl sites for hydroxylation is 2. The Hall–Kier alpha value is -2.10. The summed E-state index contributed by atoms with van der Waals surface area (Å²) in [6, 6.07) is 6.73. The fraction of sp³-hybridized carbons (Fsp3) is 0.118. The molecule has 9 heteroatoms. The molecule has 4 rings (SSSR count). The first-order valence-electron chi connectivity index (χ1n) is 7.65. The molecule has 0 fully saturated rings. The van der Waals surface area contributed by atoms with Crippen LogP contribution in [0.15, 0.2) is 52.4 Å². The third-order valence-corrected chi connectivity index (χ3v) is 7.64. The number of hydrogen-bond acceptors (Lipinski definition) is 6. The minimum atomic E-state index is -3.79. The zero-order chi connectivity index (χ0) is 18.5. The maximum atomic E-state index is 13.1. The van der Waals surface area contributed by atoms with Gasteiger partial charge in [-0.05, 0) is 41.9 Å². The molecule has 0 radical (unpaired) electrons. The largest absolute Gasteiger partial charge is 0.269 e. The molecule has 6 nitrogen and oxygen atoms in total. The molecular weight excluding hydrogens is 436 g/mol. The van der Waals surface area contributed by atoms with Gasteiger partial charge in [-0.15, -0.1) is 11.3 Å². The third-order valence-electron chi connectivity index (χ3n) is 3.94. The second kappa shape index (κ2) is 6.26.